The fraction of sp³-hybridized carbons (Fsp3) is 0. The second-order valence-electron chi connectivity index (χ2n) is 5.78. The van der Waals surface area contributed by atoms with Crippen LogP contribution in [0, 0.1) is 11.3 Å². The third-order valence-corrected chi connectivity index (χ3v) is 4.64. The third-order valence-electron chi connectivity index (χ3n) is 4.14. The number of nitriles is 1. The summed E-state index contributed by atoms with van der Waals surface area (Å²) in [6, 6.07) is 28.3. The largest absolute Gasteiger partial charge is 0.248 e. The average molecular weight is 385 g/mol. The quantitative estimate of drug-likeness (QED) is 0.412. The van der Waals surface area contributed by atoms with Crippen LogP contribution in [0.15, 0.2) is 83.3 Å². The maximum Gasteiger partial charge on any atom is 0.0991 e. The minimum Gasteiger partial charge on any atom is -0.248 e. The van der Waals surface area contributed by atoms with Gasteiger partial charge in [0.05, 0.1) is 22.8 Å². The molecule has 0 fully saturated rings. The summed E-state index contributed by atoms with van der Waals surface area (Å²) in [5, 5.41) is 10.3. The van der Waals surface area contributed by atoms with Gasteiger partial charge in [-0.05, 0) is 47.5 Å². The van der Waals surface area contributed by atoms with Crippen LogP contribution in [0.5, 0.6) is 0 Å². The Kier molecular flexibility index (Phi) is 4.05. The highest BCUT2D eigenvalue weighted by molar-refractivity contribution is 9.10. The number of benzene rings is 3. The number of rotatable bonds is 2. The predicted octanol–water partition coefficient (Wildman–Crippen LogP) is 6.20. The molecule has 3 aromatic carbocycles. The lowest BCUT2D eigenvalue weighted by molar-refractivity contribution is 1.39. The van der Waals surface area contributed by atoms with Gasteiger partial charge in [0, 0.05) is 15.4 Å². The Balaban J connectivity index is 2.01. The van der Waals surface area contributed by atoms with Crippen LogP contribution in [0.25, 0.3) is 33.3 Å². The van der Waals surface area contributed by atoms with Crippen LogP contribution < -0.4 is 0 Å². The fourth-order valence-electron chi connectivity index (χ4n) is 2.95. The first kappa shape index (κ1) is 15.6. The lowest BCUT2D eigenvalue weighted by Gasteiger charge is -2.11. The van der Waals surface area contributed by atoms with E-state index in [0.29, 0.717) is 5.56 Å². The van der Waals surface area contributed by atoms with Crippen molar-refractivity contribution in [3.05, 3.63) is 88.9 Å². The van der Waals surface area contributed by atoms with Gasteiger partial charge in [-0.3, -0.25) is 0 Å². The van der Waals surface area contributed by atoms with Crippen molar-refractivity contribution in [3.63, 3.8) is 0 Å². The predicted molar refractivity (Wildman–Crippen MR) is 105 cm³/mol. The van der Waals surface area contributed by atoms with E-state index in [1.54, 1.807) is 6.07 Å². The van der Waals surface area contributed by atoms with Gasteiger partial charge in [-0.15, -0.1) is 0 Å². The Labute approximate surface area is 154 Å². The van der Waals surface area contributed by atoms with E-state index in [2.05, 4.69) is 46.3 Å². The zero-order valence-corrected chi connectivity index (χ0v) is 14.9. The van der Waals surface area contributed by atoms with Crippen LogP contribution in [0.3, 0.4) is 0 Å². The number of halogens is 1. The van der Waals surface area contributed by atoms with E-state index in [0.717, 1.165) is 37.8 Å². The Morgan fingerprint density at radius 1 is 0.800 bits per heavy atom. The SMILES string of the molecule is N#Cc1cccc(-c2cc(-c3ccccc3)c3cc(Br)ccc3n2)c1. The molecule has 0 aliphatic heterocycles. The van der Waals surface area contributed by atoms with Gasteiger partial charge in [-0.2, -0.15) is 5.26 Å². The van der Waals surface area contributed by atoms with Gasteiger partial charge in [0.2, 0.25) is 0 Å². The van der Waals surface area contributed by atoms with Crippen molar-refractivity contribution in [2.24, 2.45) is 0 Å². The van der Waals surface area contributed by atoms with Crippen LogP contribution in [-0.4, -0.2) is 4.98 Å². The monoisotopic (exact) mass is 384 g/mol. The summed E-state index contributed by atoms with van der Waals surface area (Å²) < 4.78 is 1.03. The van der Waals surface area contributed by atoms with Crippen molar-refractivity contribution in [1.82, 2.24) is 4.98 Å². The average Bonchev–Trinajstić information content (AvgIpc) is 2.68. The Hall–Kier alpha value is -2.96. The summed E-state index contributed by atoms with van der Waals surface area (Å²) in [5.74, 6) is 0. The smallest absolute Gasteiger partial charge is 0.0991 e. The van der Waals surface area contributed by atoms with E-state index in [9.17, 15) is 0 Å². The van der Waals surface area contributed by atoms with Gasteiger partial charge in [0.25, 0.3) is 0 Å². The number of pyridine rings is 1. The molecule has 0 radical (unpaired) electrons. The summed E-state index contributed by atoms with van der Waals surface area (Å²) in [6.07, 6.45) is 0. The highest BCUT2D eigenvalue weighted by Gasteiger charge is 2.10. The van der Waals surface area contributed by atoms with Crippen LogP contribution in [0.2, 0.25) is 0 Å². The molecule has 0 aliphatic carbocycles. The normalized spacial score (nSPS) is 10.6. The maximum atomic E-state index is 9.17. The highest BCUT2D eigenvalue weighted by Crippen LogP contribution is 2.33. The molecule has 0 bridgehead atoms. The molecular formula is C22H13BrN2. The molecule has 0 saturated heterocycles. The molecular weight excluding hydrogens is 372 g/mol. The number of fused-ring (bicyclic) bond motifs is 1. The third kappa shape index (κ3) is 3.05. The van der Waals surface area contributed by atoms with Gasteiger partial charge in [-0.25, -0.2) is 4.98 Å². The second kappa shape index (κ2) is 6.51. The van der Waals surface area contributed by atoms with Gasteiger partial charge in [0.1, 0.15) is 0 Å². The molecule has 0 aliphatic rings. The van der Waals surface area contributed by atoms with Crippen LogP contribution >= 0.6 is 15.9 Å². The van der Waals surface area contributed by atoms with Gasteiger partial charge >= 0.3 is 0 Å². The first-order chi connectivity index (χ1) is 12.2. The molecule has 0 saturated carbocycles. The highest BCUT2D eigenvalue weighted by atomic mass is 79.9. The minimum atomic E-state index is 0.636. The number of hydrogen-bond donors (Lipinski definition) is 0. The summed E-state index contributed by atoms with van der Waals surface area (Å²) in [6.45, 7) is 0. The molecule has 0 N–H and O–H groups in total. The van der Waals surface area contributed by atoms with E-state index < -0.39 is 0 Å². The lowest BCUT2D eigenvalue weighted by atomic mass is 9.98. The zero-order chi connectivity index (χ0) is 17.2. The molecule has 0 unspecified atom stereocenters. The van der Waals surface area contributed by atoms with Gasteiger partial charge < -0.3 is 0 Å². The van der Waals surface area contributed by atoms with Gasteiger partial charge in [0.15, 0.2) is 0 Å². The van der Waals surface area contributed by atoms with Crippen molar-refractivity contribution >= 4 is 26.8 Å². The fourth-order valence-corrected chi connectivity index (χ4v) is 3.31. The molecule has 1 heterocycles. The van der Waals surface area contributed by atoms with Crippen LogP contribution in [0.1, 0.15) is 5.56 Å². The summed E-state index contributed by atoms with van der Waals surface area (Å²) in [7, 11) is 0. The second-order valence-corrected chi connectivity index (χ2v) is 6.69. The van der Waals surface area contributed by atoms with Crippen molar-refractivity contribution in [3.8, 4) is 28.5 Å². The summed E-state index contributed by atoms with van der Waals surface area (Å²) in [5.41, 5.74) is 5.65. The maximum absolute atomic E-state index is 9.17. The molecule has 25 heavy (non-hydrogen) atoms. The van der Waals surface area contributed by atoms with Crippen molar-refractivity contribution in [1.29, 1.82) is 5.26 Å². The van der Waals surface area contributed by atoms with Crippen LogP contribution in [-0.2, 0) is 0 Å². The number of aromatic nitrogens is 1. The molecule has 3 heteroatoms. The van der Waals surface area contributed by atoms with E-state index in [1.807, 2.05) is 48.5 Å². The summed E-state index contributed by atoms with van der Waals surface area (Å²) in [4.78, 5) is 4.82. The molecule has 4 rings (SSSR count). The lowest BCUT2D eigenvalue weighted by Crippen LogP contribution is -1.90. The topological polar surface area (TPSA) is 36.7 Å². The van der Waals surface area contributed by atoms with Gasteiger partial charge in [-0.1, -0.05) is 58.4 Å². The Bertz CT molecular complexity index is 1110. The first-order valence-corrected chi connectivity index (χ1v) is 8.70. The van der Waals surface area contributed by atoms with E-state index in [-0.39, 0.29) is 0 Å². The van der Waals surface area contributed by atoms with Crippen molar-refractivity contribution in [2.45, 2.75) is 0 Å². The Morgan fingerprint density at radius 3 is 2.40 bits per heavy atom. The molecule has 0 atom stereocenters. The Morgan fingerprint density at radius 2 is 1.60 bits per heavy atom. The van der Waals surface area contributed by atoms with Crippen molar-refractivity contribution in [2.75, 3.05) is 0 Å². The standard InChI is InChI=1S/C22H13BrN2/c23-18-9-10-21-20(12-18)19(16-6-2-1-3-7-16)13-22(25-21)17-8-4-5-15(11-17)14-24/h1-13H. The first-order valence-electron chi connectivity index (χ1n) is 7.91. The molecule has 118 valence electrons. The molecule has 4 aromatic rings. The van der Waals surface area contributed by atoms with E-state index in [4.69, 9.17) is 10.2 Å². The molecule has 0 spiro atoms. The molecule has 0 amide bonds. The zero-order valence-electron chi connectivity index (χ0n) is 13.3. The summed E-state index contributed by atoms with van der Waals surface area (Å²) >= 11 is 3.56. The molecule has 1 aromatic heterocycles. The van der Waals surface area contributed by atoms with E-state index >= 15 is 0 Å². The molecule has 2 nitrogen and oxygen atoms in total. The minimum absolute atomic E-state index is 0.636. The van der Waals surface area contributed by atoms with Crippen molar-refractivity contribution < 1.29 is 0 Å². The number of nitrogens with zero attached hydrogens (tertiary/aromatic N) is 2. The van der Waals surface area contributed by atoms with E-state index in [1.165, 1.54) is 0 Å². The van der Waals surface area contributed by atoms with Crippen LogP contribution in [0.4, 0.5) is 0 Å². The number of hydrogen-bond acceptors (Lipinski definition) is 2.